The lowest BCUT2D eigenvalue weighted by atomic mass is 9.93. The third-order valence-electron chi connectivity index (χ3n) is 18.5. The van der Waals surface area contributed by atoms with Crippen LogP contribution in [-0.4, -0.2) is 185 Å². The van der Waals surface area contributed by atoms with Crippen LogP contribution in [0.3, 0.4) is 0 Å². The Morgan fingerprint density at radius 2 is 0.867 bits per heavy atom. The van der Waals surface area contributed by atoms with Crippen LogP contribution in [0, 0.1) is 35.2 Å². The molecule has 3 aliphatic carbocycles. The Balaban J connectivity index is 0.000000169. The van der Waals surface area contributed by atoms with Crippen LogP contribution in [0.2, 0.25) is 0 Å². The van der Waals surface area contributed by atoms with Gasteiger partial charge in [-0.15, -0.1) is 15.3 Å². The Hall–Kier alpha value is -8.55. The average Bonchev–Trinajstić information content (AvgIpc) is 1.78. The van der Waals surface area contributed by atoms with Crippen molar-refractivity contribution in [2.75, 3.05) is 59.1 Å². The van der Waals surface area contributed by atoms with Crippen molar-refractivity contribution in [2.45, 2.75) is 153 Å². The molecule has 105 heavy (non-hydrogen) atoms. The van der Waals surface area contributed by atoms with Gasteiger partial charge < -0.3 is 14.2 Å². The third-order valence-corrected chi connectivity index (χ3v) is 22.0. The molecule has 24 nitrogen and oxygen atoms in total. The maximum atomic E-state index is 14.8. The number of likely N-dealkylation sites (tertiary alicyclic amines) is 3. The van der Waals surface area contributed by atoms with E-state index >= 15 is 0 Å². The van der Waals surface area contributed by atoms with Gasteiger partial charge in [-0.3, -0.25) is 43.5 Å². The molecule has 0 bridgehead atoms. The summed E-state index contributed by atoms with van der Waals surface area (Å²) in [7, 11) is 0. The van der Waals surface area contributed by atoms with Crippen LogP contribution in [0.1, 0.15) is 166 Å². The van der Waals surface area contributed by atoms with E-state index in [4.69, 9.17) is 14.2 Å². The first-order valence-electron chi connectivity index (χ1n) is 35.5. The van der Waals surface area contributed by atoms with Gasteiger partial charge in [-0.1, -0.05) is 119 Å². The summed E-state index contributed by atoms with van der Waals surface area (Å²) in [6.45, 7) is 14.4. The second-order valence-corrected chi connectivity index (χ2v) is 30.4. The molecule has 0 radical (unpaired) electrons. The van der Waals surface area contributed by atoms with Crippen molar-refractivity contribution < 1.29 is 70.5 Å². The molecule has 0 spiro atoms. The molecule has 558 valence electrons. The summed E-state index contributed by atoms with van der Waals surface area (Å²) in [4.78, 5) is 119. The first-order chi connectivity index (χ1) is 50.6. The molecule has 6 aromatic rings. The molecular weight excluding hydrogens is 1410 g/mol. The zero-order chi connectivity index (χ0) is 74.8. The fraction of sp³-hybridized carbons (Fsp3) is 0.480. The topological polar surface area (TPSA) is 283 Å². The number of carbonyl (C=O) groups is 9. The number of carbonyl (C=O) groups excluding carboxylic acids is 9. The van der Waals surface area contributed by atoms with Crippen LogP contribution in [0.25, 0.3) is 0 Å². The Bertz CT molecular complexity index is 4050. The molecule has 0 N–H and O–H groups in total. The number of Topliss-reactive ketones (excluding diaryl/α,β-unsaturated/α-hetero) is 3. The van der Waals surface area contributed by atoms with Crippen molar-refractivity contribution >= 4 is 85.9 Å². The highest BCUT2D eigenvalue weighted by molar-refractivity contribution is 8.14. The number of hydrogen-bond acceptors (Lipinski definition) is 24. The molecule has 3 aromatic carbocycles. The molecule has 3 saturated heterocycles. The van der Waals surface area contributed by atoms with Gasteiger partial charge >= 0.3 is 17.9 Å². The standard InChI is InChI=1S/3C25H29FN4O4S/c1-3-34-25(33)21-14-27-28-30(21)13-10-18-15-29(12-11-22(18)35-16(2)31)23(24(32)17-8-9-17)19-6-4-5-7-20(19)26;1-3-34-25(33)21-14-27-30(28-21)13-10-18-15-29(12-11-22(18)35-16(2)31)23(24(32)17-8-9-17)19-6-4-5-7-20(19)26;1-3-34-25(33)21-15-30(28-27-21)13-10-18-14-29(12-11-22(18)35-16(2)31)23(24(32)17-8-9-17)19-6-4-5-7-20(19)26/h2*4-7,10,14,17,22-23H,3,8-9,11-13,15H2,1-2H3;4-7,10,15,17,22-23H,3,8-9,11-14H2,1-2H3/b3*18-10+. The zero-order valence-corrected chi connectivity index (χ0v) is 62.0. The number of aromatic nitrogens is 9. The number of esters is 3. The smallest absolute Gasteiger partial charge is 0.360 e. The lowest BCUT2D eigenvalue weighted by Crippen LogP contribution is -2.43. The van der Waals surface area contributed by atoms with E-state index < -0.39 is 36.0 Å². The van der Waals surface area contributed by atoms with Crippen LogP contribution in [0.4, 0.5) is 13.2 Å². The Labute approximate surface area is 620 Å². The monoisotopic (exact) mass is 1500 g/mol. The number of hydrogen-bond donors (Lipinski definition) is 0. The Kier molecular flexibility index (Phi) is 28.3. The first kappa shape index (κ1) is 79.0. The van der Waals surface area contributed by atoms with Crippen molar-refractivity contribution in [3.05, 3.63) is 178 Å². The molecule has 3 saturated carbocycles. The van der Waals surface area contributed by atoms with E-state index in [1.54, 1.807) is 75.4 Å². The molecule has 0 amide bonds. The molecule has 3 aromatic heterocycles. The van der Waals surface area contributed by atoms with E-state index in [9.17, 15) is 56.3 Å². The van der Waals surface area contributed by atoms with E-state index in [0.717, 1.165) is 55.2 Å². The molecule has 6 fully saturated rings. The van der Waals surface area contributed by atoms with Gasteiger partial charge in [0.2, 0.25) is 0 Å². The van der Waals surface area contributed by atoms with Crippen molar-refractivity contribution in [3.8, 4) is 0 Å². The number of ketones is 3. The van der Waals surface area contributed by atoms with Gasteiger partial charge in [0, 0.05) is 110 Å². The van der Waals surface area contributed by atoms with Crippen molar-refractivity contribution in [1.82, 2.24) is 59.7 Å². The highest BCUT2D eigenvalue weighted by atomic mass is 32.2. The van der Waals surface area contributed by atoms with Crippen LogP contribution >= 0.6 is 35.3 Å². The van der Waals surface area contributed by atoms with Crippen molar-refractivity contribution in [2.24, 2.45) is 17.8 Å². The summed E-state index contributed by atoms with van der Waals surface area (Å²) < 4.78 is 62.3. The maximum Gasteiger partial charge on any atom is 0.360 e. The van der Waals surface area contributed by atoms with Gasteiger partial charge in [-0.25, -0.2) is 36.9 Å². The summed E-state index contributed by atoms with van der Waals surface area (Å²) in [5.74, 6) is -2.65. The molecular formula is C75H87F3N12O12S3. The van der Waals surface area contributed by atoms with Gasteiger partial charge in [0.1, 0.15) is 17.5 Å². The van der Waals surface area contributed by atoms with Crippen LogP contribution in [-0.2, 0) is 62.6 Å². The normalized spacial score (nSPS) is 20.5. The molecule has 30 heteroatoms. The fourth-order valence-electron chi connectivity index (χ4n) is 13.1. The van der Waals surface area contributed by atoms with Gasteiger partial charge in [-0.05, 0) is 113 Å². The van der Waals surface area contributed by atoms with Gasteiger partial charge in [0.15, 0.2) is 49.8 Å². The van der Waals surface area contributed by atoms with Gasteiger partial charge in [0.25, 0.3) is 0 Å². The number of ether oxygens (including phenoxy) is 3. The number of nitrogens with zero attached hydrogens (tertiary/aromatic N) is 12. The van der Waals surface area contributed by atoms with Gasteiger partial charge in [-0.2, -0.15) is 9.90 Å². The molecule has 6 heterocycles. The second-order valence-electron chi connectivity index (χ2n) is 26.3. The lowest BCUT2D eigenvalue weighted by molar-refractivity contribution is -0.126. The number of allylic oxidation sites excluding steroid dienone is 3. The molecule has 6 unspecified atom stereocenters. The zero-order valence-electron chi connectivity index (χ0n) is 59.6. The van der Waals surface area contributed by atoms with E-state index in [1.807, 2.05) is 32.9 Å². The highest BCUT2D eigenvalue weighted by Crippen LogP contribution is 2.44. The predicted octanol–water partition coefficient (Wildman–Crippen LogP) is 10.8. The van der Waals surface area contributed by atoms with Crippen LogP contribution in [0.5, 0.6) is 0 Å². The van der Waals surface area contributed by atoms with Crippen LogP contribution < -0.4 is 0 Å². The van der Waals surface area contributed by atoms with Crippen LogP contribution in [0.15, 0.2) is 126 Å². The average molecular weight is 1500 g/mol. The predicted molar refractivity (Wildman–Crippen MR) is 388 cm³/mol. The summed E-state index contributed by atoms with van der Waals surface area (Å²) in [5, 5.41) is 23.8. The number of thioether (sulfide) groups is 3. The fourth-order valence-corrected chi connectivity index (χ4v) is 15.9. The summed E-state index contributed by atoms with van der Waals surface area (Å²) in [6.07, 6.45) is 17.0. The first-order valence-corrected chi connectivity index (χ1v) is 38.1. The number of rotatable bonds is 27. The summed E-state index contributed by atoms with van der Waals surface area (Å²) in [5.41, 5.74) is 4.53. The molecule has 6 aliphatic rings. The Morgan fingerprint density at radius 3 is 1.26 bits per heavy atom. The van der Waals surface area contributed by atoms with E-state index in [-0.39, 0.29) is 127 Å². The molecule has 6 atom stereocenters. The largest absolute Gasteiger partial charge is 0.461 e. The minimum atomic E-state index is -0.670. The van der Waals surface area contributed by atoms with E-state index in [0.29, 0.717) is 88.3 Å². The molecule has 12 rings (SSSR count). The molecule has 3 aliphatic heterocycles. The lowest BCUT2D eigenvalue weighted by Gasteiger charge is -2.38. The maximum absolute atomic E-state index is 14.8. The number of piperidine rings is 3. The SMILES string of the molecule is CCOC(=O)c1cn(C/C=C2\CN(C(C(=O)C3CC3)c3ccccc3F)CCC2SC(C)=O)nn1.CCOC(=O)c1cnn(C/C=C2\CN(C(C(=O)C3CC3)c3ccccc3F)CCC2SC(C)=O)n1.CCOC(=O)c1cnnn1C/C=C1\CN(C(C(=O)C2CC2)c2ccccc2F)CCC1SC(C)=O. The second kappa shape index (κ2) is 37.6. The van der Waals surface area contributed by atoms with E-state index in [1.165, 1.54) is 107 Å². The number of benzene rings is 3. The van der Waals surface area contributed by atoms with Crippen molar-refractivity contribution in [3.63, 3.8) is 0 Å². The van der Waals surface area contributed by atoms with E-state index in [2.05, 4.69) is 30.8 Å². The van der Waals surface area contributed by atoms with Gasteiger partial charge in [0.05, 0.1) is 76.2 Å². The third kappa shape index (κ3) is 21.6. The summed E-state index contributed by atoms with van der Waals surface area (Å²) in [6, 6.07) is 17.4. The minimum absolute atomic E-state index is 0.00188. The van der Waals surface area contributed by atoms with Crippen molar-refractivity contribution in [1.29, 1.82) is 0 Å². The quantitative estimate of drug-likeness (QED) is 0.0263. The number of halogens is 3. The summed E-state index contributed by atoms with van der Waals surface area (Å²) >= 11 is 3.77. The Morgan fingerprint density at radius 1 is 0.486 bits per heavy atom. The minimum Gasteiger partial charge on any atom is -0.461 e. The highest BCUT2D eigenvalue weighted by Gasteiger charge is 2.45.